The van der Waals surface area contributed by atoms with Crippen molar-refractivity contribution in [3.8, 4) is 0 Å². The third kappa shape index (κ3) is 4.87. The first-order valence-corrected chi connectivity index (χ1v) is 8.58. The second-order valence-corrected chi connectivity index (χ2v) is 6.28. The summed E-state index contributed by atoms with van der Waals surface area (Å²) in [5.41, 5.74) is 7.91. The number of hydrogen-bond acceptors (Lipinski definition) is 3. The summed E-state index contributed by atoms with van der Waals surface area (Å²) in [6.45, 7) is 8.51. The second kappa shape index (κ2) is 8.62. The lowest BCUT2D eigenvalue weighted by Crippen LogP contribution is -2.46. The van der Waals surface area contributed by atoms with Crippen molar-refractivity contribution in [1.29, 1.82) is 0 Å². The van der Waals surface area contributed by atoms with E-state index in [1.807, 2.05) is 0 Å². The van der Waals surface area contributed by atoms with Crippen LogP contribution in [-0.2, 0) is 6.54 Å². The minimum absolute atomic E-state index is 0.505. The average Bonchev–Trinajstić information content (AvgIpc) is 2.52. The van der Waals surface area contributed by atoms with Crippen molar-refractivity contribution in [1.82, 2.24) is 4.90 Å². The first-order valence-electron chi connectivity index (χ1n) is 8.20. The Hall–Kier alpha value is -0.770. The Kier molecular flexibility index (Phi) is 6.81. The van der Waals surface area contributed by atoms with Crippen LogP contribution in [0.25, 0.3) is 0 Å². The maximum atomic E-state index is 6.26. The van der Waals surface area contributed by atoms with Gasteiger partial charge in [-0.15, -0.1) is 0 Å². The van der Waals surface area contributed by atoms with Crippen molar-refractivity contribution in [2.75, 3.05) is 37.6 Å². The van der Waals surface area contributed by atoms with Crippen LogP contribution >= 0.6 is 11.6 Å². The number of halogens is 1. The summed E-state index contributed by atoms with van der Waals surface area (Å²) in [5, 5.41) is 0.789. The minimum atomic E-state index is 0.505. The van der Waals surface area contributed by atoms with E-state index in [1.165, 1.54) is 37.9 Å². The van der Waals surface area contributed by atoms with Crippen molar-refractivity contribution in [3.63, 3.8) is 0 Å². The summed E-state index contributed by atoms with van der Waals surface area (Å²) in [7, 11) is 0. The normalized spacial score (nSPS) is 16.4. The Labute approximate surface area is 134 Å². The Morgan fingerprint density at radius 2 is 1.86 bits per heavy atom. The fourth-order valence-electron chi connectivity index (χ4n) is 2.89. The molecular weight excluding hydrogens is 282 g/mol. The Balaban J connectivity index is 1.79. The van der Waals surface area contributed by atoms with Gasteiger partial charge in [-0.25, -0.2) is 0 Å². The Morgan fingerprint density at radius 3 is 2.48 bits per heavy atom. The number of rotatable bonds is 7. The highest BCUT2D eigenvalue weighted by Crippen LogP contribution is 2.24. The molecule has 0 saturated carbocycles. The van der Waals surface area contributed by atoms with Crippen LogP contribution in [0.15, 0.2) is 18.2 Å². The van der Waals surface area contributed by atoms with Gasteiger partial charge in [0, 0.05) is 43.4 Å². The van der Waals surface area contributed by atoms with E-state index in [9.17, 15) is 0 Å². The highest BCUT2D eigenvalue weighted by molar-refractivity contribution is 6.31. The topological polar surface area (TPSA) is 32.5 Å². The highest BCUT2D eigenvalue weighted by atomic mass is 35.5. The number of hydrogen-bond donors (Lipinski definition) is 1. The molecular formula is C17H28ClN3. The molecule has 118 valence electrons. The number of piperazine rings is 1. The molecule has 2 rings (SSSR count). The van der Waals surface area contributed by atoms with E-state index in [0.717, 1.165) is 36.8 Å². The molecule has 1 saturated heterocycles. The second-order valence-electron chi connectivity index (χ2n) is 5.87. The van der Waals surface area contributed by atoms with Crippen molar-refractivity contribution < 1.29 is 0 Å². The molecule has 0 radical (unpaired) electrons. The van der Waals surface area contributed by atoms with Gasteiger partial charge in [0.05, 0.1) is 0 Å². The molecule has 0 amide bonds. The molecule has 3 nitrogen and oxygen atoms in total. The zero-order chi connectivity index (χ0) is 15.1. The quantitative estimate of drug-likeness (QED) is 0.782. The maximum Gasteiger partial charge on any atom is 0.0471 e. The zero-order valence-electron chi connectivity index (χ0n) is 13.2. The van der Waals surface area contributed by atoms with Gasteiger partial charge in [-0.2, -0.15) is 0 Å². The van der Waals surface area contributed by atoms with Crippen molar-refractivity contribution in [2.24, 2.45) is 5.73 Å². The molecule has 4 heteroatoms. The lowest BCUT2D eigenvalue weighted by Gasteiger charge is -2.36. The third-order valence-electron chi connectivity index (χ3n) is 4.32. The van der Waals surface area contributed by atoms with E-state index < -0.39 is 0 Å². The van der Waals surface area contributed by atoms with Crippen LogP contribution in [0, 0.1) is 0 Å². The molecule has 0 unspecified atom stereocenters. The largest absolute Gasteiger partial charge is 0.369 e. The molecule has 0 bridgehead atoms. The Bertz CT molecular complexity index is 428. The van der Waals surface area contributed by atoms with Gasteiger partial charge in [0.2, 0.25) is 0 Å². The zero-order valence-corrected chi connectivity index (χ0v) is 13.9. The van der Waals surface area contributed by atoms with Gasteiger partial charge in [0.1, 0.15) is 0 Å². The summed E-state index contributed by atoms with van der Waals surface area (Å²) in [6, 6.07) is 6.25. The molecule has 0 atom stereocenters. The van der Waals surface area contributed by atoms with Crippen LogP contribution < -0.4 is 10.6 Å². The predicted octanol–water partition coefficient (Wildman–Crippen LogP) is 3.50. The van der Waals surface area contributed by atoms with Gasteiger partial charge in [-0.05, 0) is 30.7 Å². The van der Waals surface area contributed by atoms with E-state index in [0.29, 0.717) is 6.54 Å². The molecule has 0 spiro atoms. The van der Waals surface area contributed by atoms with Gasteiger partial charge in [0.15, 0.2) is 0 Å². The molecule has 0 aliphatic carbocycles. The molecule has 21 heavy (non-hydrogen) atoms. The molecule has 1 heterocycles. The number of benzene rings is 1. The van der Waals surface area contributed by atoms with Crippen molar-refractivity contribution in [2.45, 2.75) is 39.2 Å². The van der Waals surface area contributed by atoms with Crippen molar-refractivity contribution >= 4 is 17.3 Å². The summed E-state index contributed by atoms with van der Waals surface area (Å²) in [6.07, 6.45) is 5.39. The fourth-order valence-corrected chi connectivity index (χ4v) is 3.14. The third-order valence-corrected chi connectivity index (χ3v) is 4.67. The van der Waals surface area contributed by atoms with Gasteiger partial charge >= 0.3 is 0 Å². The van der Waals surface area contributed by atoms with E-state index >= 15 is 0 Å². The number of unbranched alkanes of at least 4 members (excludes halogenated alkanes) is 3. The minimum Gasteiger partial charge on any atom is -0.369 e. The molecule has 2 N–H and O–H groups in total. The van der Waals surface area contributed by atoms with E-state index in [-0.39, 0.29) is 0 Å². The summed E-state index contributed by atoms with van der Waals surface area (Å²) in [5.74, 6) is 0. The van der Waals surface area contributed by atoms with Crippen molar-refractivity contribution in [3.05, 3.63) is 28.8 Å². The van der Waals surface area contributed by atoms with E-state index in [1.54, 1.807) is 0 Å². The van der Waals surface area contributed by atoms with Crippen LogP contribution in [0.4, 0.5) is 5.69 Å². The summed E-state index contributed by atoms with van der Waals surface area (Å²) < 4.78 is 0. The number of anilines is 1. The van der Waals surface area contributed by atoms with Gasteiger partial charge in [-0.3, -0.25) is 4.90 Å². The SMILES string of the molecule is CCCCCCN1CCN(c2ccc(CN)c(Cl)c2)CC1. The molecule has 1 fully saturated rings. The first-order chi connectivity index (χ1) is 10.2. The Morgan fingerprint density at radius 1 is 1.10 bits per heavy atom. The maximum absolute atomic E-state index is 6.26. The smallest absolute Gasteiger partial charge is 0.0471 e. The van der Waals surface area contributed by atoms with Crippen LogP contribution in [0.2, 0.25) is 5.02 Å². The number of nitrogens with two attached hydrogens (primary N) is 1. The average molecular weight is 310 g/mol. The monoisotopic (exact) mass is 309 g/mol. The number of nitrogens with zero attached hydrogens (tertiary/aromatic N) is 2. The summed E-state index contributed by atoms with van der Waals surface area (Å²) in [4.78, 5) is 5.01. The first kappa shape index (κ1) is 16.6. The fraction of sp³-hybridized carbons (Fsp3) is 0.647. The highest BCUT2D eigenvalue weighted by Gasteiger charge is 2.17. The van der Waals surface area contributed by atoms with Crippen LogP contribution in [0.5, 0.6) is 0 Å². The van der Waals surface area contributed by atoms with Gasteiger partial charge in [0.25, 0.3) is 0 Å². The van der Waals surface area contributed by atoms with Gasteiger partial charge in [-0.1, -0.05) is 43.9 Å². The molecule has 0 aromatic heterocycles. The lowest BCUT2D eigenvalue weighted by atomic mass is 10.1. The predicted molar refractivity (Wildman–Crippen MR) is 92.1 cm³/mol. The lowest BCUT2D eigenvalue weighted by molar-refractivity contribution is 0.252. The molecule has 1 aromatic rings. The van der Waals surface area contributed by atoms with Crippen LogP contribution in [-0.4, -0.2) is 37.6 Å². The van der Waals surface area contributed by atoms with Gasteiger partial charge < -0.3 is 10.6 Å². The van der Waals surface area contributed by atoms with Crippen LogP contribution in [0.3, 0.4) is 0 Å². The van der Waals surface area contributed by atoms with Crippen LogP contribution in [0.1, 0.15) is 38.2 Å². The summed E-state index contributed by atoms with van der Waals surface area (Å²) >= 11 is 6.26. The molecule has 1 aliphatic heterocycles. The molecule has 1 aliphatic rings. The van der Waals surface area contributed by atoms with E-state index in [4.69, 9.17) is 17.3 Å². The van der Waals surface area contributed by atoms with E-state index in [2.05, 4.69) is 34.9 Å². The molecule has 1 aromatic carbocycles. The standard InChI is InChI=1S/C17H28ClN3/c1-2-3-4-5-8-20-9-11-21(12-10-20)16-7-6-15(14-19)17(18)13-16/h6-7,13H,2-5,8-12,14,19H2,1H3.